The van der Waals surface area contributed by atoms with Crippen molar-refractivity contribution < 1.29 is 5.11 Å². The van der Waals surface area contributed by atoms with Crippen molar-refractivity contribution in [3.8, 4) is 5.75 Å². The first-order chi connectivity index (χ1) is 11.6. The van der Waals surface area contributed by atoms with Crippen molar-refractivity contribution >= 4 is 16.5 Å². The van der Waals surface area contributed by atoms with Gasteiger partial charge in [0.25, 0.3) is 0 Å². The van der Waals surface area contributed by atoms with Gasteiger partial charge in [0, 0.05) is 30.6 Å². The Bertz CT molecular complexity index is 632. The van der Waals surface area contributed by atoms with E-state index in [1.54, 1.807) is 23.5 Å². The number of aryl methyl sites for hydroxylation is 2. The van der Waals surface area contributed by atoms with Gasteiger partial charge in [-0.2, -0.15) is 0 Å². The molecule has 4 nitrogen and oxygen atoms in total. The van der Waals surface area contributed by atoms with Crippen LogP contribution in [0.15, 0.2) is 29.6 Å². The first kappa shape index (κ1) is 17.2. The summed E-state index contributed by atoms with van der Waals surface area (Å²) < 4.78 is 0. The van der Waals surface area contributed by atoms with Crippen LogP contribution in [0.2, 0.25) is 0 Å². The standard InChI is InChI=1S/C19H27N3OS/c1-14(3-4-16-5-7-18(23)8-6-16)20-17-9-11-22(12-10-17)19-21-15(2)13-24-19/h5-8,13-14,17,20,23H,3-4,9-12H2,1-2H3/t14-/m0/s1. The third-order valence-corrected chi connectivity index (χ3v) is 5.71. The molecule has 1 aromatic carbocycles. The number of nitrogens with zero attached hydrogens (tertiary/aromatic N) is 2. The number of phenols is 1. The van der Waals surface area contributed by atoms with Crippen LogP contribution < -0.4 is 10.2 Å². The van der Waals surface area contributed by atoms with Gasteiger partial charge in [-0.05, 0) is 57.2 Å². The smallest absolute Gasteiger partial charge is 0.185 e. The lowest BCUT2D eigenvalue weighted by Crippen LogP contribution is -2.45. The molecule has 130 valence electrons. The summed E-state index contributed by atoms with van der Waals surface area (Å²) in [5.74, 6) is 0.340. The molecule has 24 heavy (non-hydrogen) atoms. The van der Waals surface area contributed by atoms with Crippen molar-refractivity contribution in [2.75, 3.05) is 18.0 Å². The molecule has 1 aromatic heterocycles. The fourth-order valence-electron chi connectivity index (χ4n) is 3.26. The lowest BCUT2D eigenvalue weighted by Gasteiger charge is -2.33. The van der Waals surface area contributed by atoms with Gasteiger partial charge in [0.1, 0.15) is 5.75 Å². The zero-order chi connectivity index (χ0) is 16.9. The van der Waals surface area contributed by atoms with Crippen molar-refractivity contribution in [3.05, 3.63) is 40.9 Å². The maximum atomic E-state index is 9.34. The van der Waals surface area contributed by atoms with E-state index < -0.39 is 0 Å². The van der Waals surface area contributed by atoms with Crippen LogP contribution in [0.5, 0.6) is 5.75 Å². The topological polar surface area (TPSA) is 48.4 Å². The molecule has 0 amide bonds. The van der Waals surface area contributed by atoms with Gasteiger partial charge in [-0.15, -0.1) is 11.3 Å². The van der Waals surface area contributed by atoms with Crippen molar-refractivity contribution in [1.29, 1.82) is 0 Å². The average Bonchev–Trinajstić information content (AvgIpc) is 3.01. The highest BCUT2D eigenvalue weighted by Gasteiger charge is 2.21. The third-order valence-electron chi connectivity index (χ3n) is 4.69. The molecule has 2 aromatic rings. The number of piperidine rings is 1. The van der Waals surface area contributed by atoms with Crippen molar-refractivity contribution in [2.45, 2.75) is 51.6 Å². The largest absolute Gasteiger partial charge is 0.508 e. The molecule has 1 saturated heterocycles. The van der Waals surface area contributed by atoms with Gasteiger partial charge in [-0.1, -0.05) is 12.1 Å². The number of hydrogen-bond acceptors (Lipinski definition) is 5. The van der Waals surface area contributed by atoms with E-state index in [4.69, 9.17) is 0 Å². The van der Waals surface area contributed by atoms with E-state index in [1.807, 2.05) is 12.1 Å². The summed E-state index contributed by atoms with van der Waals surface area (Å²) in [5.41, 5.74) is 2.41. The Kier molecular flexibility index (Phi) is 5.74. The van der Waals surface area contributed by atoms with E-state index in [0.717, 1.165) is 31.6 Å². The number of aromatic nitrogens is 1. The van der Waals surface area contributed by atoms with E-state index in [-0.39, 0.29) is 0 Å². The molecule has 2 heterocycles. The van der Waals surface area contributed by atoms with Gasteiger partial charge in [0.2, 0.25) is 0 Å². The summed E-state index contributed by atoms with van der Waals surface area (Å²) in [6.07, 6.45) is 4.53. The molecule has 0 radical (unpaired) electrons. The molecule has 1 fully saturated rings. The molecule has 1 atom stereocenters. The Morgan fingerprint density at radius 2 is 2.00 bits per heavy atom. The molecule has 0 spiro atoms. The lowest BCUT2D eigenvalue weighted by atomic mass is 10.0. The number of anilines is 1. The summed E-state index contributed by atoms with van der Waals surface area (Å²) in [4.78, 5) is 7.01. The predicted molar refractivity (Wildman–Crippen MR) is 101 cm³/mol. The minimum Gasteiger partial charge on any atom is -0.508 e. The van der Waals surface area contributed by atoms with Crippen LogP contribution in [0.4, 0.5) is 5.13 Å². The number of aromatic hydroxyl groups is 1. The second kappa shape index (κ2) is 7.99. The minimum atomic E-state index is 0.340. The number of benzene rings is 1. The van der Waals surface area contributed by atoms with Gasteiger partial charge in [-0.3, -0.25) is 0 Å². The fourth-order valence-corrected chi connectivity index (χ4v) is 4.11. The number of phenolic OH excluding ortho intramolecular Hbond substituents is 1. The first-order valence-electron chi connectivity index (χ1n) is 8.81. The molecule has 0 aliphatic carbocycles. The molecule has 3 rings (SSSR count). The lowest BCUT2D eigenvalue weighted by molar-refractivity contribution is 0.366. The van der Waals surface area contributed by atoms with Gasteiger partial charge in [-0.25, -0.2) is 4.98 Å². The highest BCUT2D eigenvalue weighted by molar-refractivity contribution is 7.13. The summed E-state index contributed by atoms with van der Waals surface area (Å²) in [7, 11) is 0. The monoisotopic (exact) mass is 345 g/mol. The normalized spacial score (nSPS) is 17.2. The number of hydrogen-bond donors (Lipinski definition) is 2. The molecular weight excluding hydrogens is 318 g/mol. The fraction of sp³-hybridized carbons (Fsp3) is 0.526. The quantitative estimate of drug-likeness (QED) is 0.837. The summed E-state index contributed by atoms with van der Waals surface area (Å²) in [6, 6.07) is 8.68. The summed E-state index contributed by atoms with van der Waals surface area (Å²) in [5, 5.41) is 16.4. The number of rotatable bonds is 6. The molecule has 0 bridgehead atoms. The predicted octanol–water partition coefficient (Wildman–Crippen LogP) is 3.74. The van der Waals surface area contributed by atoms with Crippen molar-refractivity contribution in [1.82, 2.24) is 10.3 Å². The Morgan fingerprint density at radius 1 is 1.29 bits per heavy atom. The van der Waals surface area contributed by atoms with Gasteiger partial charge < -0.3 is 15.3 Å². The van der Waals surface area contributed by atoms with Gasteiger partial charge in [0.05, 0.1) is 5.69 Å². The average molecular weight is 346 g/mol. The second-order valence-electron chi connectivity index (χ2n) is 6.81. The molecule has 5 heteroatoms. The van der Waals surface area contributed by atoms with Crippen LogP contribution in [-0.4, -0.2) is 35.3 Å². The Balaban J connectivity index is 1.39. The van der Waals surface area contributed by atoms with Crippen LogP contribution in [-0.2, 0) is 6.42 Å². The highest BCUT2D eigenvalue weighted by atomic mass is 32.1. The van der Waals surface area contributed by atoms with E-state index in [2.05, 4.69) is 34.4 Å². The first-order valence-corrected chi connectivity index (χ1v) is 9.69. The van der Waals surface area contributed by atoms with Crippen LogP contribution >= 0.6 is 11.3 Å². The van der Waals surface area contributed by atoms with Crippen LogP contribution in [0, 0.1) is 6.92 Å². The third kappa shape index (κ3) is 4.71. The Hall–Kier alpha value is -1.59. The Morgan fingerprint density at radius 3 is 2.62 bits per heavy atom. The summed E-state index contributed by atoms with van der Waals surface area (Å²) in [6.45, 7) is 6.52. The van der Waals surface area contributed by atoms with Crippen molar-refractivity contribution in [2.24, 2.45) is 0 Å². The van der Waals surface area contributed by atoms with Gasteiger partial charge >= 0.3 is 0 Å². The van der Waals surface area contributed by atoms with Crippen LogP contribution in [0.25, 0.3) is 0 Å². The zero-order valence-corrected chi connectivity index (χ0v) is 15.4. The second-order valence-corrected chi connectivity index (χ2v) is 7.64. The van der Waals surface area contributed by atoms with E-state index >= 15 is 0 Å². The maximum Gasteiger partial charge on any atom is 0.185 e. The van der Waals surface area contributed by atoms with Crippen molar-refractivity contribution in [3.63, 3.8) is 0 Å². The maximum absolute atomic E-state index is 9.34. The zero-order valence-electron chi connectivity index (χ0n) is 14.5. The number of nitrogens with one attached hydrogen (secondary N) is 1. The number of thiazole rings is 1. The summed E-state index contributed by atoms with van der Waals surface area (Å²) >= 11 is 1.75. The molecule has 0 saturated carbocycles. The van der Waals surface area contributed by atoms with Gasteiger partial charge in [0.15, 0.2) is 5.13 Å². The van der Waals surface area contributed by atoms with E-state index in [1.165, 1.54) is 23.5 Å². The molecule has 2 N–H and O–H groups in total. The van der Waals surface area contributed by atoms with Crippen LogP contribution in [0.3, 0.4) is 0 Å². The molecular formula is C19H27N3OS. The highest BCUT2D eigenvalue weighted by Crippen LogP contribution is 2.24. The Labute approximate surface area is 148 Å². The minimum absolute atomic E-state index is 0.340. The molecule has 1 aliphatic rings. The molecule has 0 unspecified atom stereocenters. The SMILES string of the molecule is Cc1csc(N2CCC(N[C@@H](C)CCc3ccc(O)cc3)CC2)n1. The van der Waals surface area contributed by atoms with E-state index in [9.17, 15) is 5.11 Å². The van der Waals surface area contributed by atoms with E-state index in [0.29, 0.717) is 17.8 Å². The van der Waals surface area contributed by atoms with Crippen LogP contribution in [0.1, 0.15) is 37.4 Å². The molecule has 1 aliphatic heterocycles.